The van der Waals surface area contributed by atoms with Gasteiger partial charge < -0.3 is 19.5 Å². The molecule has 0 unspecified atom stereocenters. The monoisotopic (exact) mass is 362 g/mol. The number of aryl methyl sites for hydroxylation is 2. The fourth-order valence-corrected chi connectivity index (χ4v) is 3.11. The first-order valence-corrected chi connectivity index (χ1v) is 8.37. The number of ether oxygens (including phenoxy) is 1. The number of methoxy groups -OCH3 is 1. The summed E-state index contributed by atoms with van der Waals surface area (Å²) in [6.45, 7) is 4.35. The molecule has 0 spiro atoms. The molecule has 1 aliphatic rings. The Balaban J connectivity index is 1.77. The van der Waals surface area contributed by atoms with E-state index in [0.717, 1.165) is 5.69 Å². The van der Waals surface area contributed by atoms with Crippen molar-refractivity contribution in [2.24, 2.45) is 0 Å². The van der Waals surface area contributed by atoms with Crippen molar-refractivity contribution in [3.63, 3.8) is 0 Å². The molecule has 0 aromatic carbocycles. The highest BCUT2D eigenvalue weighted by Gasteiger charge is 2.37. The Morgan fingerprint density at radius 3 is 2.88 bits per heavy atom. The number of piperidine rings is 1. The van der Waals surface area contributed by atoms with Gasteiger partial charge in [-0.25, -0.2) is 0 Å². The number of H-pyrrole nitrogens is 1. The molecule has 3 rings (SSSR count). The molecule has 1 saturated heterocycles. The van der Waals surface area contributed by atoms with Gasteiger partial charge in [0.25, 0.3) is 5.91 Å². The molecule has 0 bridgehead atoms. The number of amides is 2. The van der Waals surface area contributed by atoms with E-state index in [-0.39, 0.29) is 30.4 Å². The van der Waals surface area contributed by atoms with Crippen LogP contribution < -0.4 is 5.32 Å². The van der Waals surface area contributed by atoms with Crippen LogP contribution in [0.1, 0.15) is 40.2 Å². The number of hydrogen-bond donors (Lipinski definition) is 2. The van der Waals surface area contributed by atoms with E-state index in [1.807, 2.05) is 6.92 Å². The van der Waals surface area contributed by atoms with Gasteiger partial charge in [-0.3, -0.25) is 14.7 Å². The Labute approximate surface area is 150 Å². The first-order valence-electron chi connectivity index (χ1n) is 8.37. The van der Waals surface area contributed by atoms with Gasteiger partial charge in [0.1, 0.15) is 12.3 Å². The molecular formula is C16H22N6O4. The van der Waals surface area contributed by atoms with Gasteiger partial charge in [0.05, 0.1) is 12.0 Å². The van der Waals surface area contributed by atoms with Crippen LogP contribution in [-0.4, -0.2) is 69.9 Å². The minimum Gasteiger partial charge on any atom is -0.375 e. The summed E-state index contributed by atoms with van der Waals surface area (Å²) in [4.78, 5) is 30.7. The standard InChI is InChI=1S/C16H22N6O4/c1-9-6-12(20-19-9)16(24)22-5-4-11(15-17-10(2)21-26-15)13(7-22)18-14(23)8-25-3/h6,11,13H,4-5,7-8H2,1-3H3,(H,18,23)(H,19,20)/t11-,13+/m0/s1. The zero-order chi connectivity index (χ0) is 18.7. The van der Waals surface area contributed by atoms with E-state index in [4.69, 9.17) is 9.26 Å². The normalized spacial score (nSPS) is 20.2. The summed E-state index contributed by atoms with van der Waals surface area (Å²) in [5.41, 5.74) is 1.17. The van der Waals surface area contributed by atoms with Crippen LogP contribution in [0.15, 0.2) is 10.6 Å². The summed E-state index contributed by atoms with van der Waals surface area (Å²) in [7, 11) is 1.45. The van der Waals surface area contributed by atoms with Crippen molar-refractivity contribution in [3.05, 3.63) is 29.2 Å². The number of aromatic nitrogens is 4. The maximum absolute atomic E-state index is 12.7. The van der Waals surface area contributed by atoms with Crippen molar-refractivity contribution in [1.82, 2.24) is 30.6 Å². The molecule has 1 aliphatic heterocycles. The van der Waals surface area contributed by atoms with Crippen LogP contribution in [0.4, 0.5) is 0 Å². The van der Waals surface area contributed by atoms with Crippen molar-refractivity contribution < 1.29 is 18.8 Å². The van der Waals surface area contributed by atoms with Crippen LogP contribution in [0.5, 0.6) is 0 Å². The second-order valence-electron chi connectivity index (χ2n) is 6.37. The van der Waals surface area contributed by atoms with E-state index in [9.17, 15) is 9.59 Å². The second-order valence-corrected chi connectivity index (χ2v) is 6.37. The summed E-state index contributed by atoms with van der Waals surface area (Å²) in [6, 6.07) is 1.35. The third-order valence-electron chi connectivity index (χ3n) is 4.31. The van der Waals surface area contributed by atoms with E-state index in [1.54, 1.807) is 17.9 Å². The summed E-state index contributed by atoms with van der Waals surface area (Å²) in [6.07, 6.45) is 0.592. The highest BCUT2D eigenvalue weighted by Crippen LogP contribution is 2.28. The lowest BCUT2D eigenvalue weighted by atomic mass is 9.91. The van der Waals surface area contributed by atoms with Crippen molar-refractivity contribution >= 4 is 11.8 Å². The lowest BCUT2D eigenvalue weighted by Crippen LogP contribution is -2.53. The fraction of sp³-hybridized carbons (Fsp3) is 0.562. The van der Waals surface area contributed by atoms with Crippen molar-refractivity contribution in [2.45, 2.75) is 32.2 Å². The maximum Gasteiger partial charge on any atom is 0.274 e. The van der Waals surface area contributed by atoms with Gasteiger partial charge in [-0.05, 0) is 26.3 Å². The fourth-order valence-electron chi connectivity index (χ4n) is 3.11. The zero-order valence-electron chi connectivity index (χ0n) is 15.0. The molecule has 2 aromatic heterocycles. The molecular weight excluding hydrogens is 340 g/mol. The number of likely N-dealkylation sites (tertiary alicyclic amines) is 1. The summed E-state index contributed by atoms with van der Waals surface area (Å²) in [5, 5.41) is 13.5. The topological polar surface area (TPSA) is 126 Å². The van der Waals surface area contributed by atoms with Gasteiger partial charge in [-0.1, -0.05) is 5.16 Å². The highest BCUT2D eigenvalue weighted by molar-refractivity contribution is 5.92. The van der Waals surface area contributed by atoms with Crippen LogP contribution in [0.25, 0.3) is 0 Å². The quantitative estimate of drug-likeness (QED) is 0.776. The summed E-state index contributed by atoms with van der Waals surface area (Å²) in [5.74, 6) is 0.395. The molecule has 2 atom stereocenters. The SMILES string of the molecule is COCC(=O)N[C@@H]1CN(C(=O)c2cc(C)[nH]n2)CC[C@@H]1c1nc(C)no1. The number of carbonyl (C=O) groups is 2. The minimum absolute atomic E-state index is 0.0570. The Hall–Kier alpha value is -2.75. The molecule has 10 nitrogen and oxygen atoms in total. The van der Waals surface area contributed by atoms with Gasteiger partial charge in [-0.2, -0.15) is 10.1 Å². The van der Waals surface area contributed by atoms with Gasteiger partial charge in [0.2, 0.25) is 11.8 Å². The van der Waals surface area contributed by atoms with Crippen molar-refractivity contribution in [2.75, 3.05) is 26.8 Å². The smallest absolute Gasteiger partial charge is 0.274 e. The number of nitrogens with zero attached hydrogens (tertiary/aromatic N) is 4. The van der Waals surface area contributed by atoms with Crippen LogP contribution in [-0.2, 0) is 9.53 Å². The predicted molar refractivity (Wildman–Crippen MR) is 89.4 cm³/mol. The molecule has 2 aromatic rings. The Morgan fingerprint density at radius 1 is 1.46 bits per heavy atom. The zero-order valence-corrected chi connectivity index (χ0v) is 15.0. The Morgan fingerprint density at radius 2 is 2.27 bits per heavy atom. The number of nitrogens with one attached hydrogen (secondary N) is 2. The minimum atomic E-state index is -0.352. The van der Waals surface area contributed by atoms with Gasteiger partial charge in [0.15, 0.2) is 5.82 Å². The summed E-state index contributed by atoms with van der Waals surface area (Å²) >= 11 is 0. The molecule has 26 heavy (non-hydrogen) atoms. The molecule has 1 fully saturated rings. The Bertz CT molecular complexity index is 785. The molecule has 0 aliphatic carbocycles. The lowest BCUT2D eigenvalue weighted by Gasteiger charge is -2.37. The third-order valence-corrected chi connectivity index (χ3v) is 4.31. The number of rotatable bonds is 5. The van der Waals surface area contributed by atoms with Crippen LogP contribution in [0, 0.1) is 13.8 Å². The molecule has 10 heteroatoms. The first-order chi connectivity index (χ1) is 12.5. The van der Waals surface area contributed by atoms with Crippen LogP contribution in [0.2, 0.25) is 0 Å². The Kier molecular flexibility index (Phi) is 5.31. The third kappa shape index (κ3) is 3.90. The highest BCUT2D eigenvalue weighted by atomic mass is 16.5. The van der Waals surface area contributed by atoms with E-state index < -0.39 is 0 Å². The average molecular weight is 362 g/mol. The van der Waals surface area contributed by atoms with E-state index in [0.29, 0.717) is 36.9 Å². The predicted octanol–water partition coefficient (Wildman–Crippen LogP) is 0.170. The lowest BCUT2D eigenvalue weighted by molar-refractivity contribution is -0.126. The van der Waals surface area contributed by atoms with Crippen molar-refractivity contribution in [1.29, 1.82) is 0 Å². The van der Waals surface area contributed by atoms with Gasteiger partial charge >= 0.3 is 0 Å². The molecule has 3 heterocycles. The number of hydrogen-bond acceptors (Lipinski definition) is 7. The van der Waals surface area contributed by atoms with E-state index >= 15 is 0 Å². The van der Waals surface area contributed by atoms with Crippen LogP contribution >= 0.6 is 0 Å². The van der Waals surface area contributed by atoms with E-state index in [2.05, 4.69) is 25.7 Å². The first kappa shape index (κ1) is 18.1. The number of carbonyl (C=O) groups excluding carboxylic acids is 2. The average Bonchev–Trinajstić information content (AvgIpc) is 3.23. The molecule has 0 saturated carbocycles. The van der Waals surface area contributed by atoms with Gasteiger partial charge in [0, 0.05) is 25.9 Å². The molecule has 0 radical (unpaired) electrons. The van der Waals surface area contributed by atoms with E-state index in [1.165, 1.54) is 7.11 Å². The van der Waals surface area contributed by atoms with Crippen LogP contribution in [0.3, 0.4) is 0 Å². The van der Waals surface area contributed by atoms with Gasteiger partial charge in [-0.15, -0.1) is 0 Å². The van der Waals surface area contributed by atoms with Crippen molar-refractivity contribution in [3.8, 4) is 0 Å². The number of aromatic amines is 1. The second kappa shape index (κ2) is 7.65. The largest absolute Gasteiger partial charge is 0.375 e. The summed E-state index contributed by atoms with van der Waals surface area (Å²) < 4.78 is 10.2. The molecule has 2 amide bonds. The molecule has 140 valence electrons. The molecule has 2 N–H and O–H groups in total. The maximum atomic E-state index is 12.7.